The molecular weight excluding hydrogens is 458 g/mol. The maximum absolute atomic E-state index is 13.0. The Hall–Kier alpha value is -4.14. The number of carbonyl (C=O) groups excluding carboxylic acids is 2. The van der Waals surface area contributed by atoms with Crippen LogP contribution in [-0.4, -0.2) is 56.7 Å². The quantitative estimate of drug-likeness (QED) is 0.384. The van der Waals surface area contributed by atoms with E-state index in [-0.39, 0.29) is 28.8 Å². The van der Waals surface area contributed by atoms with Crippen molar-refractivity contribution in [3.8, 4) is 11.3 Å². The van der Waals surface area contributed by atoms with E-state index < -0.39 is 5.54 Å². The van der Waals surface area contributed by atoms with Gasteiger partial charge < -0.3 is 19.9 Å². The van der Waals surface area contributed by atoms with Crippen LogP contribution in [0.15, 0.2) is 59.5 Å². The summed E-state index contributed by atoms with van der Waals surface area (Å²) in [5.74, 6) is -0.383. The molecule has 0 unspecified atom stereocenters. The molecule has 0 radical (unpaired) electrons. The van der Waals surface area contributed by atoms with Crippen molar-refractivity contribution in [3.63, 3.8) is 0 Å². The molecule has 9 nitrogen and oxygen atoms in total. The van der Waals surface area contributed by atoms with Gasteiger partial charge in [0.15, 0.2) is 5.69 Å². The van der Waals surface area contributed by atoms with Gasteiger partial charge in [-0.15, -0.1) is 0 Å². The fraction of sp³-hybridized carbons (Fsp3) is 0.333. The molecule has 2 aromatic heterocycles. The highest BCUT2D eigenvalue weighted by molar-refractivity contribution is 5.94. The first-order valence-electron chi connectivity index (χ1n) is 12.3. The third-order valence-corrected chi connectivity index (χ3v) is 6.79. The van der Waals surface area contributed by atoms with Gasteiger partial charge in [0.1, 0.15) is 5.52 Å². The molecule has 4 aromatic rings. The third-order valence-electron chi connectivity index (χ3n) is 6.79. The van der Waals surface area contributed by atoms with Gasteiger partial charge in [0.05, 0.1) is 24.0 Å². The van der Waals surface area contributed by atoms with E-state index in [0.29, 0.717) is 31.8 Å². The lowest BCUT2D eigenvalue weighted by Crippen LogP contribution is -2.71. The predicted molar refractivity (Wildman–Crippen MR) is 137 cm³/mol. The van der Waals surface area contributed by atoms with E-state index in [1.54, 1.807) is 11.1 Å². The Balaban J connectivity index is 1.33. The first-order valence-corrected chi connectivity index (χ1v) is 12.3. The van der Waals surface area contributed by atoms with Gasteiger partial charge in [0, 0.05) is 24.7 Å². The number of nitrogens with one attached hydrogen (secondary N) is 2. The molecule has 1 saturated heterocycles. The third kappa shape index (κ3) is 4.44. The minimum atomic E-state index is -0.542. The molecule has 0 atom stereocenters. The van der Waals surface area contributed by atoms with Gasteiger partial charge in [-0.25, -0.2) is 9.31 Å². The smallest absolute Gasteiger partial charge is 0.409 e. The largest absolute Gasteiger partial charge is 0.449 e. The van der Waals surface area contributed by atoms with Gasteiger partial charge in [-0.1, -0.05) is 56.7 Å². The minimum Gasteiger partial charge on any atom is -0.449 e. The standard InChI is InChI=1S/C27H29N5O4/c1-3-5-12-36-26(35)31-16-27(4-2,17-31)29-24(33)21-14-23-25(34)28-22(15-32(23)30-21)20-11-10-18-8-6-7-9-19(18)13-20/h6-11,13-15H,3-5,12,16-17H2,1-2H3,(H,28,34)(H,29,33). The van der Waals surface area contributed by atoms with Crippen LogP contribution in [0.4, 0.5) is 4.79 Å². The molecule has 0 bridgehead atoms. The minimum absolute atomic E-state index is 0.146. The van der Waals surface area contributed by atoms with Gasteiger partial charge in [0.25, 0.3) is 11.5 Å². The summed E-state index contributed by atoms with van der Waals surface area (Å²) in [5, 5.41) is 9.57. The van der Waals surface area contributed by atoms with Crippen LogP contribution in [0.2, 0.25) is 0 Å². The van der Waals surface area contributed by atoms with Gasteiger partial charge in [0.2, 0.25) is 0 Å². The average molecular weight is 488 g/mol. The molecule has 1 aliphatic heterocycles. The number of fused-ring (bicyclic) bond motifs is 2. The average Bonchev–Trinajstić information content (AvgIpc) is 3.31. The van der Waals surface area contributed by atoms with Crippen LogP contribution >= 0.6 is 0 Å². The number of carbonyl (C=O) groups is 2. The van der Waals surface area contributed by atoms with Crippen LogP contribution < -0.4 is 10.9 Å². The number of aromatic nitrogens is 3. The summed E-state index contributed by atoms with van der Waals surface area (Å²) in [7, 11) is 0. The second-order valence-corrected chi connectivity index (χ2v) is 9.33. The van der Waals surface area contributed by atoms with Crippen LogP contribution in [0.5, 0.6) is 0 Å². The lowest BCUT2D eigenvalue weighted by atomic mass is 9.87. The molecule has 0 aliphatic carbocycles. The number of ether oxygens (including phenoxy) is 1. The Morgan fingerprint density at radius 1 is 1.11 bits per heavy atom. The Kier molecular flexibility index (Phi) is 6.22. The van der Waals surface area contributed by atoms with Crippen molar-refractivity contribution < 1.29 is 14.3 Å². The highest BCUT2D eigenvalue weighted by atomic mass is 16.6. The van der Waals surface area contributed by atoms with E-state index in [0.717, 1.165) is 29.2 Å². The lowest BCUT2D eigenvalue weighted by molar-refractivity contribution is 0.0208. The number of H-pyrrole nitrogens is 1. The van der Waals surface area contributed by atoms with Crippen molar-refractivity contribution in [2.75, 3.05) is 19.7 Å². The van der Waals surface area contributed by atoms with E-state index in [4.69, 9.17) is 4.74 Å². The van der Waals surface area contributed by atoms with Crippen LogP contribution in [0.3, 0.4) is 0 Å². The highest BCUT2D eigenvalue weighted by Crippen LogP contribution is 2.26. The monoisotopic (exact) mass is 487 g/mol. The number of likely N-dealkylation sites (tertiary alicyclic amines) is 1. The number of rotatable bonds is 7. The molecule has 3 heterocycles. The van der Waals surface area contributed by atoms with Crippen molar-refractivity contribution in [1.29, 1.82) is 0 Å². The zero-order valence-electron chi connectivity index (χ0n) is 20.4. The zero-order valence-corrected chi connectivity index (χ0v) is 20.4. The molecule has 5 rings (SSSR count). The lowest BCUT2D eigenvalue weighted by Gasteiger charge is -2.49. The fourth-order valence-electron chi connectivity index (χ4n) is 4.52. The van der Waals surface area contributed by atoms with Crippen molar-refractivity contribution in [2.45, 2.75) is 38.6 Å². The van der Waals surface area contributed by atoms with Crippen molar-refractivity contribution >= 4 is 28.3 Å². The Morgan fingerprint density at radius 3 is 2.64 bits per heavy atom. The Bertz CT molecular complexity index is 1500. The second kappa shape index (κ2) is 9.49. The molecule has 2 aromatic carbocycles. The summed E-state index contributed by atoms with van der Waals surface area (Å²) >= 11 is 0. The number of hydrogen-bond acceptors (Lipinski definition) is 5. The van der Waals surface area contributed by atoms with Crippen LogP contribution in [0.25, 0.3) is 27.5 Å². The number of amides is 2. The molecule has 0 spiro atoms. The number of hydrogen-bond donors (Lipinski definition) is 2. The predicted octanol–water partition coefficient (Wildman–Crippen LogP) is 3.97. The van der Waals surface area contributed by atoms with E-state index in [9.17, 15) is 14.4 Å². The molecule has 186 valence electrons. The number of unbranched alkanes of at least 4 members (excludes halogenated alkanes) is 1. The summed E-state index contributed by atoms with van der Waals surface area (Å²) in [4.78, 5) is 42.5. The number of benzene rings is 2. The number of aromatic amines is 1. The zero-order chi connectivity index (χ0) is 25.3. The first-order chi connectivity index (χ1) is 17.4. The van der Waals surface area contributed by atoms with E-state index in [1.807, 2.05) is 56.3 Å². The summed E-state index contributed by atoms with van der Waals surface area (Å²) < 4.78 is 6.70. The molecule has 2 N–H and O–H groups in total. The van der Waals surface area contributed by atoms with Gasteiger partial charge in [-0.05, 0) is 29.7 Å². The normalized spacial score (nSPS) is 14.6. The summed E-state index contributed by atoms with van der Waals surface area (Å²) in [6.45, 7) is 5.14. The first kappa shape index (κ1) is 23.6. The van der Waals surface area contributed by atoms with Gasteiger partial charge in [-0.2, -0.15) is 5.10 Å². The van der Waals surface area contributed by atoms with Crippen LogP contribution in [0, 0.1) is 0 Å². The molecule has 1 aliphatic rings. The summed E-state index contributed by atoms with van der Waals surface area (Å²) in [5.41, 5.74) is 1.01. The number of nitrogens with zero attached hydrogens (tertiary/aromatic N) is 3. The molecule has 2 amide bonds. The molecular formula is C27H29N5O4. The highest BCUT2D eigenvalue weighted by Gasteiger charge is 2.46. The summed E-state index contributed by atoms with van der Waals surface area (Å²) in [6.07, 6.45) is 3.78. The van der Waals surface area contributed by atoms with Crippen LogP contribution in [-0.2, 0) is 4.74 Å². The Morgan fingerprint density at radius 2 is 1.89 bits per heavy atom. The Labute approximate surface area is 208 Å². The molecule has 1 fully saturated rings. The molecule has 0 saturated carbocycles. The molecule has 9 heteroatoms. The molecule has 36 heavy (non-hydrogen) atoms. The SMILES string of the molecule is CCCCOC(=O)N1CC(CC)(NC(=O)c2cc3c(=O)[nH]c(-c4ccc5ccccc5c4)cn3n2)C1. The van der Waals surface area contributed by atoms with Crippen molar-refractivity contribution in [2.24, 2.45) is 0 Å². The van der Waals surface area contributed by atoms with Crippen LogP contribution in [0.1, 0.15) is 43.6 Å². The maximum Gasteiger partial charge on any atom is 0.409 e. The van der Waals surface area contributed by atoms with E-state index in [1.165, 1.54) is 10.6 Å². The van der Waals surface area contributed by atoms with E-state index >= 15 is 0 Å². The maximum atomic E-state index is 13.0. The topological polar surface area (TPSA) is 109 Å². The van der Waals surface area contributed by atoms with Gasteiger partial charge >= 0.3 is 6.09 Å². The van der Waals surface area contributed by atoms with Crippen molar-refractivity contribution in [1.82, 2.24) is 24.8 Å². The second-order valence-electron chi connectivity index (χ2n) is 9.33. The van der Waals surface area contributed by atoms with Gasteiger partial charge in [-0.3, -0.25) is 9.59 Å². The van der Waals surface area contributed by atoms with E-state index in [2.05, 4.69) is 15.4 Å². The van der Waals surface area contributed by atoms with Crippen molar-refractivity contribution in [3.05, 3.63) is 70.8 Å². The fourth-order valence-corrected chi connectivity index (χ4v) is 4.52. The summed E-state index contributed by atoms with van der Waals surface area (Å²) in [6, 6.07) is 15.4.